The number of hydrogen-bond acceptors (Lipinski definition) is 5. The van der Waals surface area contributed by atoms with Gasteiger partial charge in [-0.05, 0) is 31.0 Å². The van der Waals surface area contributed by atoms with Crippen LogP contribution in [0.25, 0.3) is 0 Å². The lowest BCUT2D eigenvalue weighted by molar-refractivity contribution is 0.0463. The molecule has 8 heteroatoms. The highest BCUT2D eigenvalue weighted by Crippen LogP contribution is 2.31. The summed E-state index contributed by atoms with van der Waals surface area (Å²) in [6, 6.07) is 5.37. The van der Waals surface area contributed by atoms with Crippen LogP contribution in [-0.2, 0) is 9.84 Å². The zero-order chi connectivity index (χ0) is 18.2. The van der Waals surface area contributed by atoms with Gasteiger partial charge in [0.1, 0.15) is 15.6 Å². The Hall–Kier alpha value is -1.31. The van der Waals surface area contributed by atoms with Crippen molar-refractivity contribution in [3.05, 3.63) is 28.8 Å². The Labute approximate surface area is 153 Å². The van der Waals surface area contributed by atoms with Gasteiger partial charge in [0.15, 0.2) is 0 Å². The number of ether oxygens (including phenoxy) is 1. The molecule has 138 valence electrons. The molecule has 1 aliphatic carbocycles. The van der Waals surface area contributed by atoms with E-state index in [1.165, 1.54) is 13.4 Å². The Balaban J connectivity index is 1.55. The molecule has 0 bridgehead atoms. The number of halogens is 1. The van der Waals surface area contributed by atoms with Gasteiger partial charge in [-0.25, -0.2) is 8.42 Å². The van der Waals surface area contributed by atoms with Gasteiger partial charge in [-0.2, -0.15) is 0 Å². The van der Waals surface area contributed by atoms with Gasteiger partial charge in [-0.3, -0.25) is 9.69 Å². The lowest BCUT2D eigenvalue weighted by Gasteiger charge is -2.45. The van der Waals surface area contributed by atoms with Crippen molar-refractivity contribution in [3.63, 3.8) is 0 Å². The van der Waals surface area contributed by atoms with E-state index < -0.39 is 9.84 Å². The number of piperazine rings is 1. The fraction of sp³-hybridized carbons (Fsp3) is 0.588. The van der Waals surface area contributed by atoms with Crippen molar-refractivity contribution in [1.29, 1.82) is 0 Å². The summed E-state index contributed by atoms with van der Waals surface area (Å²) in [7, 11) is -1.40. The lowest BCUT2D eigenvalue weighted by Crippen LogP contribution is -2.57. The highest BCUT2D eigenvalue weighted by atomic mass is 35.5. The smallest absolute Gasteiger partial charge is 0.254 e. The van der Waals surface area contributed by atoms with Crippen LogP contribution < -0.4 is 4.74 Å². The van der Waals surface area contributed by atoms with E-state index in [-0.39, 0.29) is 11.2 Å². The van der Waals surface area contributed by atoms with Crippen molar-refractivity contribution in [3.8, 4) is 5.75 Å². The Morgan fingerprint density at radius 3 is 2.40 bits per heavy atom. The minimum absolute atomic E-state index is 0.0303. The quantitative estimate of drug-likeness (QED) is 0.787. The summed E-state index contributed by atoms with van der Waals surface area (Å²) in [5.74, 6) is 0.463. The van der Waals surface area contributed by atoms with Crippen LogP contribution in [-0.4, -0.2) is 75.0 Å². The van der Waals surface area contributed by atoms with Crippen molar-refractivity contribution in [2.75, 3.05) is 39.5 Å². The average molecular weight is 387 g/mol. The molecule has 0 aromatic heterocycles. The molecule has 1 saturated carbocycles. The number of nitrogens with zero attached hydrogens (tertiary/aromatic N) is 2. The highest BCUT2D eigenvalue weighted by Gasteiger charge is 2.40. The van der Waals surface area contributed by atoms with E-state index in [9.17, 15) is 13.2 Å². The predicted molar refractivity (Wildman–Crippen MR) is 97.1 cm³/mol. The van der Waals surface area contributed by atoms with Crippen molar-refractivity contribution >= 4 is 27.3 Å². The first kappa shape index (κ1) is 18.5. The third-order valence-corrected chi connectivity index (χ3v) is 7.10. The van der Waals surface area contributed by atoms with Gasteiger partial charge < -0.3 is 9.64 Å². The molecule has 25 heavy (non-hydrogen) atoms. The number of sulfone groups is 1. The van der Waals surface area contributed by atoms with Crippen molar-refractivity contribution in [2.45, 2.75) is 24.1 Å². The zero-order valence-corrected chi connectivity index (χ0v) is 16.0. The molecule has 1 aromatic carbocycles. The molecule has 0 spiro atoms. The number of rotatable bonds is 4. The SMILES string of the molecule is COc1cc(C(=O)N2CCN(C3CC(S(C)(=O)=O)C3)CC2)ccc1Cl. The standard InChI is InChI=1S/C17H23ClN2O4S/c1-24-16-9-12(3-4-15(16)18)17(21)20-7-5-19(6-8-20)13-10-14(11-13)25(2,22)23/h3-4,9,13-14H,5-8,10-11H2,1-2H3. The van der Waals surface area contributed by atoms with Gasteiger partial charge in [-0.15, -0.1) is 0 Å². The van der Waals surface area contributed by atoms with E-state index in [2.05, 4.69) is 4.90 Å². The minimum Gasteiger partial charge on any atom is -0.495 e. The summed E-state index contributed by atoms with van der Waals surface area (Å²) in [4.78, 5) is 16.8. The molecule has 2 aliphatic rings. The second-order valence-corrected chi connectivity index (χ2v) is 9.49. The van der Waals surface area contributed by atoms with Gasteiger partial charge in [0.25, 0.3) is 5.91 Å². The van der Waals surface area contributed by atoms with E-state index in [0.717, 1.165) is 13.1 Å². The fourth-order valence-corrected chi connectivity index (χ4v) is 4.79. The van der Waals surface area contributed by atoms with Crippen LogP contribution in [0.2, 0.25) is 5.02 Å². The Morgan fingerprint density at radius 1 is 1.20 bits per heavy atom. The fourth-order valence-electron chi connectivity index (χ4n) is 3.45. The first-order valence-corrected chi connectivity index (χ1v) is 10.7. The van der Waals surface area contributed by atoms with Crippen LogP contribution in [0.15, 0.2) is 18.2 Å². The molecule has 0 radical (unpaired) electrons. The van der Waals surface area contributed by atoms with Gasteiger partial charge in [0, 0.05) is 44.0 Å². The molecule has 1 saturated heterocycles. The third-order valence-electron chi connectivity index (χ3n) is 5.19. The third kappa shape index (κ3) is 3.93. The molecule has 3 rings (SSSR count). The van der Waals surface area contributed by atoms with Crippen LogP contribution >= 0.6 is 11.6 Å². The molecule has 6 nitrogen and oxygen atoms in total. The van der Waals surface area contributed by atoms with Crippen LogP contribution in [0.1, 0.15) is 23.2 Å². The Morgan fingerprint density at radius 2 is 1.84 bits per heavy atom. The monoisotopic (exact) mass is 386 g/mol. The zero-order valence-electron chi connectivity index (χ0n) is 14.4. The largest absolute Gasteiger partial charge is 0.495 e. The normalized spacial score (nSPS) is 24.7. The van der Waals surface area contributed by atoms with E-state index in [1.807, 2.05) is 4.90 Å². The first-order valence-electron chi connectivity index (χ1n) is 8.35. The summed E-state index contributed by atoms with van der Waals surface area (Å²) < 4.78 is 28.2. The average Bonchev–Trinajstić information content (AvgIpc) is 2.52. The summed E-state index contributed by atoms with van der Waals surface area (Å²) in [6.45, 7) is 2.84. The molecule has 0 N–H and O–H groups in total. The Kier molecular flexibility index (Phi) is 5.27. The molecule has 1 aromatic rings. The molecule has 0 atom stereocenters. The van der Waals surface area contributed by atoms with E-state index in [1.54, 1.807) is 18.2 Å². The van der Waals surface area contributed by atoms with Gasteiger partial charge >= 0.3 is 0 Å². The summed E-state index contributed by atoms with van der Waals surface area (Å²) >= 11 is 6.01. The topological polar surface area (TPSA) is 66.9 Å². The molecular formula is C17H23ClN2O4S. The Bertz CT molecular complexity index is 754. The summed E-state index contributed by atoms with van der Waals surface area (Å²) in [6.07, 6.45) is 2.73. The number of methoxy groups -OCH3 is 1. The van der Waals surface area contributed by atoms with Crippen molar-refractivity contribution < 1.29 is 17.9 Å². The maximum atomic E-state index is 12.7. The number of carbonyl (C=O) groups is 1. The molecule has 1 amide bonds. The second-order valence-electron chi connectivity index (χ2n) is 6.75. The number of amides is 1. The lowest BCUT2D eigenvalue weighted by atomic mass is 9.90. The summed E-state index contributed by atoms with van der Waals surface area (Å²) in [5.41, 5.74) is 0.565. The van der Waals surface area contributed by atoms with E-state index in [0.29, 0.717) is 48.3 Å². The molecule has 2 fully saturated rings. The molecule has 1 aliphatic heterocycles. The summed E-state index contributed by atoms with van der Waals surface area (Å²) in [5, 5.41) is 0.285. The molecule has 0 unspecified atom stereocenters. The van der Waals surface area contributed by atoms with Crippen LogP contribution in [0.3, 0.4) is 0 Å². The number of hydrogen-bond donors (Lipinski definition) is 0. The van der Waals surface area contributed by atoms with Crippen LogP contribution in [0, 0.1) is 0 Å². The molecular weight excluding hydrogens is 364 g/mol. The minimum atomic E-state index is -2.92. The maximum Gasteiger partial charge on any atom is 0.254 e. The van der Waals surface area contributed by atoms with Crippen molar-refractivity contribution in [2.24, 2.45) is 0 Å². The van der Waals surface area contributed by atoms with Crippen LogP contribution in [0.5, 0.6) is 5.75 Å². The molecule has 1 heterocycles. The number of carbonyl (C=O) groups excluding carboxylic acids is 1. The van der Waals surface area contributed by atoms with E-state index >= 15 is 0 Å². The first-order chi connectivity index (χ1) is 11.8. The number of benzene rings is 1. The van der Waals surface area contributed by atoms with Gasteiger partial charge in [0.2, 0.25) is 0 Å². The highest BCUT2D eigenvalue weighted by molar-refractivity contribution is 7.91. The predicted octanol–water partition coefficient (Wildman–Crippen LogP) is 1.68. The van der Waals surface area contributed by atoms with Crippen LogP contribution in [0.4, 0.5) is 0 Å². The van der Waals surface area contributed by atoms with Gasteiger partial charge in [-0.1, -0.05) is 11.6 Å². The van der Waals surface area contributed by atoms with Crippen molar-refractivity contribution in [1.82, 2.24) is 9.80 Å². The van der Waals surface area contributed by atoms with Gasteiger partial charge in [0.05, 0.1) is 17.4 Å². The second kappa shape index (κ2) is 7.13. The maximum absolute atomic E-state index is 12.7. The van der Waals surface area contributed by atoms with E-state index in [4.69, 9.17) is 16.3 Å².